The van der Waals surface area contributed by atoms with Gasteiger partial charge in [-0.3, -0.25) is 9.78 Å². The van der Waals surface area contributed by atoms with Gasteiger partial charge < -0.3 is 4.90 Å². The highest BCUT2D eigenvalue weighted by Gasteiger charge is 2.18. The van der Waals surface area contributed by atoms with E-state index < -0.39 is 0 Å². The van der Waals surface area contributed by atoms with E-state index in [1.807, 2.05) is 83.1 Å². The molecule has 0 saturated carbocycles. The summed E-state index contributed by atoms with van der Waals surface area (Å²) in [6.45, 7) is 0.531. The van der Waals surface area contributed by atoms with Crippen LogP contribution in [0.5, 0.6) is 0 Å². The van der Waals surface area contributed by atoms with Gasteiger partial charge in [0.25, 0.3) is 0 Å². The molecule has 0 bridgehead atoms. The third-order valence-electron chi connectivity index (χ3n) is 4.35. The van der Waals surface area contributed by atoms with Gasteiger partial charge in [0.2, 0.25) is 5.91 Å². The maximum absolute atomic E-state index is 13.1. The first-order valence-electron chi connectivity index (χ1n) is 9.04. The fourth-order valence-corrected chi connectivity index (χ4v) is 3.77. The molecular weight excluding hydrogens is 366 g/mol. The number of pyridine rings is 1. The van der Waals surface area contributed by atoms with Crippen molar-refractivity contribution in [3.8, 4) is 10.6 Å². The quantitative estimate of drug-likeness (QED) is 0.470. The molecule has 2 aromatic carbocycles. The average molecular weight is 385 g/mol. The molecule has 2 aromatic heterocycles. The molecule has 138 valence electrons. The Morgan fingerprint density at radius 1 is 0.929 bits per heavy atom. The first kappa shape index (κ1) is 18.1. The van der Waals surface area contributed by atoms with Crippen molar-refractivity contribution < 1.29 is 4.79 Å². The summed E-state index contributed by atoms with van der Waals surface area (Å²) < 4.78 is 0. The molecule has 0 aliphatic heterocycles. The number of hydrogen-bond donors (Lipinski definition) is 0. The van der Waals surface area contributed by atoms with Gasteiger partial charge in [-0.15, -0.1) is 11.3 Å². The van der Waals surface area contributed by atoms with Crippen LogP contribution in [0.25, 0.3) is 10.6 Å². The summed E-state index contributed by atoms with van der Waals surface area (Å²) in [6.07, 6.45) is 3.79. The van der Waals surface area contributed by atoms with Crippen LogP contribution >= 0.6 is 11.3 Å². The summed E-state index contributed by atoms with van der Waals surface area (Å²) >= 11 is 1.53. The number of aromatic nitrogens is 2. The topological polar surface area (TPSA) is 46.1 Å². The van der Waals surface area contributed by atoms with E-state index in [9.17, 15) is 4.79 Å². The minimum absolute atomic E-state index is 0.0260. The summed E-state index contributed by atoms with van der Waals surface area (Å²) in [6, 6.07) is 23.7. The van der Waals surface area contributed by atoms with Crippen molar-refractivity contribution in [3.63, 3.8) is 0 Å². The largest absolute Gasteiger partial charge is 0.308 e. The Labute approximate surface area is 168 Å². The van der Waals surface area contributed by atoms with Crippen molar-refractivity contribution in [1.82, 2.24) is 9.97 Å². The van der Waals surface area contributed by atoms with Crippen LogP contribution in [0.4, 0.5) is 5.69 Å². The lowest BCUT2D eigenvalue weighted by Gasteiger charge is -2.23. The molecule has 5 heteroatoms. The van der Waals surface area contributed by atoms with Crippen LogP contribution in [0, 0.1) is 0 Å². The van der Waals surface area contributed by atoms with Gasteiger partial charge in [0.15, 0.2) is 0 Å². The highest BCUT2D eigenvalue weighted by atomic mass is 32.1. The van der Waals surface area contributed by atoms with Crippen LogP contribution in [0.15, 0.2) is 90.6 Å². The van der Waals surface area contributed by atoms with Gasteiger partial charge >= 0.3 is 0 Å². The lowest BCUT2D eigenvalue weighted by Crippen LogP contribution is -2.31. The number of para-hydroxylation sites is 1. The van der Waals surface area contributed by atoms with Crippen LogP contribution in [-0.4, -0.2) is 15.9 Å². The number of thiazole rings is 1. The number of hydrogen-bond acceptors (Lipinski definition) is 4. The predicted octanol–water partition coefficient (Wildman–Crippen LogP) is 4.98. The van der Waals surface area contributed by atoms with E-state index in [2.05, 4.69) is 9.97 Å². The number of benzene rings is 2. The molecule has 1 amide bonds. The van der Waals surface area contributed by atoms with E-state index in [1.54, 1.807) is 12.4 Å². The van der Waals surface area contributed by atoms with Crippen LogP contribution in [0.3, 0.4) is 0 Å². The van der Waals surface area contributed by atoms with Crippen LogP contribution in [0.1, 0.15) is 11.3 Å². The van der Waals surface area contributed by atoms with Gasteiger partial charge in [0.1, 0.15) is 5.01 Å². The second kappa shape index (κ2) is 8.59. The summed E-state index contributed by atoms with van der Waals surface area (Å²) in [5.74, 6) is 0.0260. The standard InChI is InChI=1S/C23H19N3OS/c27-22(14-20-17-28-23(25-20)19-10-7-13-24-15-19)26(21-11-5-2-6-12-21)16-18-8-3-1-4-9-18/h1-13,15,17H,14,16H2. The molecule has 0 atom stereocenters. The first-order chi connectivity index (χ1) is 13.8. The van der Waals surface area contributed by atoms with Gasteiger partial charge in [0.05, 0.1) is 18.7 Å². The Kier molecular flexibility index (Phi) is 5.54. The highest BCUT2D eigenvalue weighted by molar-refractivity contribution is 7.13. The van der Waals surface area contributed by atoms with Gasteiger partial charge in [-0.25, -0.2) is 4.98 Å². The lowest BCUT2D eigenvalue weighted by molar-refractivity contribution is -0.118. The molecular formula is C23H19N3OS. The van der Waals surface area contributed by atoms with Crippen molar-refractivity contribution in [1.29, 1.82) is 0 Å². The van der Waals surface area contributed by atoms with Crippen molar-refractivity contribution >= 4 is 22.9 Å². The zero-order valence-corrected chi connectivity index (χ0v) is 16.0. The average Bonchev–Trinajstić information content (AvgIpc) is 3.22. The summed E-state index contributed by atoms with van der Waals surface area (Å²) in [5.41, 5.74) is 3.73. The Bertz CT molecular complexity index is 1030. The van der Waals surface area contributed by atoms with E-state index >= 15 is 0 Å². The van der Waals surface area contributed by atoms with Gasteiger partial charge in [-0.2, -0.15) is 0 Å². The lowest BCUT2D eigenvalue weighted by atomic mass is 10.1. The minimum atomic E-state index is 0.0260. The molecule has 0 aliphatic carbocycles. The molecule has 28 heavy (non-hydrogen) atoms. The number of amides is 1. The van der Waals surface area contributed by atoms with Crippen molar-refractivity contribution in [2.75, 3.05) is 4.90 Å². The molecule has 4 rings (SSSR count). The van der Waals surface area contributed by atoms with Crippen LogP contribution < -0.4 is 4.90 Å². The molecule has 0 saturated heterocycles. The Balaban J connectivity index is 1.55. The summed E-state index contributed by atoms with van der Waals surface area (Å²) in [7, 11) is 0. The number of nitrogens with zero attached hydrogens (tertiary/aromatic N) is 3. The van der Waals surface area contributed by atoms with Gasteiger partial charge in [-0.05, 0) is 29.8 Å². The third-order valence-corrected chi connectivity index (χ3v) is 5.29. The van der Waals surface area contributed by atoms with E-state index in [1.165, 1.54) is 11.3 Å². The van der Waals surface area contributed by atoms with E-state index in [-0.39, 0.29) is 12.3 Å². The van der Waals surface area contributed by atoms with Gasteiger partial charge in [0, 0.05) is 29.0 Å². The van der Waals surface area contributed by atoms with Crippen molar-refractivity contribution in [3.05, 3.63) is 102 Å². The Morgan fingerprint density at radius 2 is 1.68 bits per heavy atom. The molecule has 0 unspecified atom stereocenters. The molecule has 0 fully saturated rings. The Hall–Kier alpha value is -3.31. The zero-order valence-electron chi connectivity index (χ0n) is 15.2. The van der Waals surface area contributed by atoms with Crippen molar-refractivity contribution in [2.24, 2.45) is 0 Å². The Morgan fingerprint density at radius 3 is 2.39 bits per heavy atom. The maximum Gasteiger partial charge on any atom is 0.233 e. The molecule has 4 aromatic rings. The monoisotopic (exact) mass is 385 g/mol. The predicted molar refractivity (Wildman–Crippen MR) is 113 cm³/mol. The normalized spacial score (nSPS) is 10.6. The summed E-state index contributed by atoms with van der Waals surface area (Å²) in [4.78, 5) is 23.7. The smallest absolute Gasteiger partial charge is 0.233 e. The molecule has 0 aliphatic rings. The van der Waals surface area contributed by atoms with E-state index in [4.69, 9.17) is 0 Å². The number of rotatable bonds is 6. The second-order valence-corrected chi connectivity index (χ2v) is 7.22. The summed E-state index contributed by atoms with van der Waals surface area (Å²) in [5, 5.41) is 2.83. The minimum Gasteiger partial charge on any atom is -0.308 e. The molecule has 2 heterocycles. The number of anilines is 1. The first-order valence-corrected chi connectivity index (χ1v) is 9.92. The number of carbonyl (C=O) groups excluding carboxylic acids is 1. The van der Waals surface area contributed by atoms with Gasteiger partial charge in [-0.1, -0.05) is 48.5 Å². The fraction of sp³-hybridized carbons (Fsp3) is 0.0870. The maximum atomic E-state index is 13.1. The van der Waals surface area contributed by atoms with Crippen LogP contribution in [-0.2, 0) is 17.8 Å². The van der Waals surface area contributed by atoms with E-state index in [0.717, 1.165) is 27.5 Å². The molecule has 0 radical (unpaired) electrons. The molecule has 0 N–H and O–H groups in total. The fourth-order valence-electron chi connectivity index (χ4n) is 2.96. The SMILES string of the molecule is O=C(Cc1csc(-c2cccnc2)n1)N(Cc1ccccc1)c1ccccc1. The number of carbonyl (C=O) groups is 1. The highest BCUT2D eigenvalue weighted by Crippen LogP contribution is 2.24. The third kappa shape index (κ3) is 4.32. The second-order valence-electron chi connectivity index (χ2n) is 6.36. The van der Waals surface area contributed by atoms with E-state index in [0.29, 0.717) is 6.54 Å². The molecule has 4 nitrogen and oxygen atoms in total. The molecule has 0 spiro atoms. The van der Waals surface area contributed by atoms with Crippen molar-refractivity contribution in [2.45, 2.75) is 13.0 Å². The zero-order chi connectivity index (χ0) is 19.2. The van der Waals surface area contributed by atoms with Crippen LogP contribution in [0.2, 0.25) is 0 Å².